The molecular formula is C25H30FN5. The van der Waals surface area contributed by atoms with Crippen molar-refractivity contribution >= 4 is 22.3 Å². The lowest BCUT2D eigenvalue weighted by molar-refractivity contribution is 0.614. The van der Waals surface area contributed by atoms with Gasteiger partial charge in [0.15, 0.2) is 5.65 Å². The van der Waals surface area contributed by atoms with Gasteiger partial charge in [-0.2, -0.15) is 5.10 Å². The third-order valence-electron chi connectivity index (χ3n) is 4.34. The molecule has 0 N–H and O–H groups in total. The average Bonchev–Trinajstić information content (AvgIpc) is 3.18. The van der Waals surface area contributed by atoms with Gasteiger partial charge in [-0.1, -0.05) is 26.0 Å². The Hall–Kier alpha value is -3.41. The van der Waals surface area contributed by atoms with Gasteiger partial charge in [0.1, 0.15) is 11.5 Å². The van der Waals surface area contributed by atoms with Gasteiger partial charge in [0.2, 0.25) is 0 Å². The van der Waals surface area contributed by atoms with Crippen LogP contribution in [0.15, 0.2) is 66.4 Å². The minimum Gasteiger partial charge on any atom is -0.288 e. The number of pyridine rings is 1. The molecule has 4 rings (SSSR count). The number of allylic oxidation sites excluding steroid dienone is 1. The van der Waals surface area contributed by atoms with Crippen LogP contribution in [-0.4, -0.2) is 31.8 Å². The number of rotatable bonds is 4. The van der Waals surface area contributed by atoms with Crippen LogP contribution in [0.25, 0.3) is 16.6 Å². The van der Waals surface area contributed by atoms with Gasteiger partial charge in [0, 0.05) is 30.6 Å². The molecule has 0 radical (unpaired) electrons. The summed E-state index contributed by atoms with van der Waals surface area (Å²) in [6, 6.07) is 10.9. The molecular weight excluding hydrogens is 389 g/mol. The van der Waals surface area contributed by atoms with Crippen LogP contribution in [0.3, 0.4) is 0 Å². The van der Waals surface area contributed by atoms with Crippen LogP contribution in [-0.2, 0) is 6.42 Å². The van der Waals surface area contributed by atoms with Gasteiger partial charge in [-0.3, -0.25) is 9.98 Å². The summed E-state index contributed by atoms with van der Waals surface area (Å²) >= 11 is 0. The molecule has 0 spiro atoms. The van der Waals surface area contributed by atoms with Crippen molar-refractivity contribution in [2.24, 2.45) is 4.99 Å². The first-order valence-corrected chi connectivity index (χ1v) is 10.5. The highest BCUT2D eigenvalue weighted by Crippen LogP contribution is 2.20. The van der Waals surface area contributed by atoms with Crippen molar-refractivity contribution in [1.82, 2.24) is 19.6 Å². The lowest BCUT2D eigenvalue weighted by Gasteiger charge is -2.07. The Balaban J connectivity index is 0.000000630. The Morgan fingerprint density at radius 2 is 1.94 bits per heavy atom. The Bertz CT molecular complexity index is 1180. The minimum absolute atomic E-state index is 0.272. The molecule has 5 nitrogen and oxygen atoms in total. The number of hydrogen-bond acceptors (Lipinski definition) is 4. The molecule has 0 fully saturated rings. The molecule has 31 heavy (non-hydrogen) atoms. The first kappa shape index (κ1) is 23.9. The molecule has 0 aliphatic heterocycles. The van der Waals surface area contributed by atoms with Crippen LogP contribution in [0.2, 0.25) is 0 Å². The highest BCUT2D eigenvalue weighted by molar-refractivity contribution is 5.96. The first-order chi connectivity index (χ1) is 15.1. The molecule has 4 aromatic rings. The quantitative estimate of drug-likeness (QED) is 0.299. The number of fused-ring (bicyclic) bond motifs is 2. The van der Waals surface area contributed by atoms with Crippen molar-refractivity contribution in [1.29, 1.82) is 0 Å². The molecule has 6 heteroatoms. The van der Waals surface area contributed by atoms with Crippen LogP contribution in [0.1, 0.15) is 51.6 Å². The van der Waals surface area contributed by atoms with E-state index in [4.69, 9.17) is 0 Å². The predicted octanol–water partition coefficient (Wildman–Crippen LogP) is 6.05. The zero-order chi connectivity index (χ0) is 22.8. The van der Waals surface area contributed by atoms with E-state index >= 15 is 0 Å². The third kappa shape index (κ3) is 5.81. The monoisotopic (exact) mass is 419 g/mol. The number of halogens is 1. The molecule has 3 aromatic heterocycles. The lowest BCUT2D eigenvalue weighted by atomic mass is 10.1. The van der Waals surface area contributed by atoms with E-state index < -0.39 is 0 Å². The first-order valence-electron chi connectivity index (χ1n) is 10.5. The summed E-state index contributed by atoms with van der Waals surface area (Å²) in [5.74, 6) is -0.272. The molecule has 0 unspecified atom stereocenters. The van der Waals surface area contributed by atoms with Crippen LogP contribution < -0.4 is 0 Å². The van der Waals surface area contributed by atoms with E-state index in [1.165, 1.54) is 6.07 Å². The van der Waals surface area contributed by atoms with Crippen molar-refractivity contribution in [2.45, 2.75) is 41.0 Å². The fraction of sp³-hybridized carbons (Fsp3) is 0.280. The maximum absolute atomic E-state index is 14.5. The van der Waals surface area contributed by atoms with Gasteiger partial charge < -0.3 is 0 Å². The molecule has 1 aromatic carbocycles. The summed E-state index contributed by atoms with van der Waals surface area (Å²) in [5, 5.41) is 5.54. The Labute approximate surface area is 183 Å². The maximum Gasteiger partial charge on any atom is 0.153 e. The summed E-state index contributed by atoms with van der Waals surface area (Å²) in [4.78, 5) is 13.0. The smallest absolute Gasteiger partial charge is 0.153 e. The number of imidazole rings is 1. The van der Waals surface area contributed by atoms with Gasteiger partial charge in [0.05, 0.1) is 23.1 Å². The molecule has 0 bridgehead atoms. The molecule has 0 saturated carbocycles. The highest BCUT2D eigenvalue weighted by atomic mass is 19.1. The van der Waals surface area contributed by atoms with Gasteiger partial charge in [-0.15, -0.1) is 6.58 Å². The topological polar surface area (TPSA) is 55.4 Å². The Morgan fingerprint density at radius 1 is 1.19 bits per heavy atom. The zero-order valence-electron chi connectivity index (χ0n) is 18.9. The predicted molar refractivity (Wildman–Crippen MR) is 127 cm³/mol. The van der Waals surface area contributed by atoms with Crippen molar-refractivity contribution < 1.29 is 4.39 Å². The van der Waals surface area contributed by atoms with Crippen LogP contribution in [0.5, 0.6) is 0 Å². The standard InChI is InChI=1S/C20H18FN5.C3H6.C2H6/c1-3-22-13(2)18-6-7-20-24-12-16(26(20)25-18)10-15-9-14-5-4-8-23-19(14)11-17(15)21;1-3-2;1-2/h4-9,11-12H,3,10H2,1-2H3;3H,1H2,2H3;1-2H3. The Morgan fingerprint density at radius 3 is 2.65 bits per heavy atom. The van der Waals surface area contributed by atoms with E-state index in [-0.39, 0.29) is 5.82 Å². The average molecular weight is 420 g/mol. The summed E-state index contributed by atoms with van der Waals surface area (Å²) in [6.45, 7) is 13.9. The van der Waals surface area contributed by atoms with E-state index in [0.29, 0.717) is 24.0 Å². The van der Waals surface area contributed by atoms with Crippen LogP contribution in [0, 0.1) is 5.82 Å². The van der Waals surface area contributed by atoms with Crippen LogP contribution in [0.4, 0.5) is 4.39 Å². The molecule has 0 aliphatic rings. The van der Waals surface area contributed by atoms with E-state index in [9.17, 15) is 4.39 Å². The van der Waals surface area contributed by atoms with Gasteiger partial charge in [-0.05, 0) is 50.6 Å². The summed E-state index contributed by atoms with van der Waals surface area (Å²) < 4.78 is 16.3. The zero-order valence-corrected chi connectivity index (χ0v) is 18.9. The van der Waals surface area contributed by atoms with Crippen molar-refractivity contribution in [3.05, 3.63) is 84.2 Å². The fourth-order valence-electron chi connectivity index (χ4n) is 3.03. The molecule has 0 saturated heterocycles. The minimum atomic E-state index is -0.272. The van der Waals surface area contributed by atoms with Crippen LogP contribution >= 0.6 is 0 Å². The second-order valence-electron chi connectivity index (χ2n) is 6.52. The normalized spacial score (nSPS) is 10.8. The number of benzene rings is 1. The largest absolute Gasteiger partial charge is 0.288 e. The van der Waals surface area contributed by atoms with E-state index in [1.807, 2.05) is 65.0 Å². The van der Waals surface area contributed by atoms with Crippen molar-refractivity contribution in [2.75, 3.05) is 6.54 Å². The van der Waals surface area contributed by atoms with E-state index in [0.717, 1.165) is 28.1 Å². The molecule has 3 heterocycles. The van der Waals surface area contributed by atoms with Crippen molar-refractivity contribution in [3.63, 3.8) is 0 Å². The summed E-state index contributed by atoms with van der Waals surface area (Å²) in [6.07, 6.45) is 5.56. The van der Waals surface area contributed by atoms with E-state index in [1.54, 1.807) is 23.0 Å². The van der Waals surface area contributed by atoms with E-state index in [2.05, 4.69) is 26.6 Å². The van der Waals surface area contributed by atoms with Crippen molar-refractivity contribution in [3.8, 4) is 0 Å². The fourth-order valence-corrected chi connectivity index (χ4v) is 3.03. The molecule has 0 aliphatic carbocycles. The van der Waals surface area contributed by atoms with Gasteiger partial charge >= 0.3 is 0 Å². The van der Waals surface area contributed by atoms with Gasteiger partial charge in [-0.25, -0.2) is 13.9 Å². The number of aliphatic imine (C=N–C) groups is 1. The number of nitrogens with zero attached hydrogens (tertiary/aromatic N) is 5. The molecule has 0 atom stereocenters. The third-order valence-corrected chi connectivity index (χ3v) is 4.34. The summed E-state index contributed by atoms with van der Waals surface area (Å²) in [5.41, 5.74) is 4.47. The molecule has 162 valence electrons. The molecule has 0 amide bonds. The number of aromatic nitrogens is 4. The SMILES string of the molecule is C=CC.CC.CCN=C(C)c1ccc2ncc(Cc3cc4cccnc4cc3F)n2n1. The highest BCUT2D eigenvalue weighted by Gasteiger charge is 2.12. The Kier molecular flexibility index (Phi) is 9.00. The second-order valence-corrected chi connectivity index (χ2v) is 6.52. The second kappa shape index (κ2) is 11.7. The maximum atomic E-state index is 14.5. The summed E-state index contributed by atoms with van der Waals surface area (Å²) in [7, 11) is 0. The number of hydrogen-bond donors (Lipinski definition) is 0. The van der Waals surface area contributed by atoms with Gasteiger partial charge in [0.25, 0.3) is 0 Å². The lowest BCUT2D eigenvalue weighted by Crippen LogP contribution is -2.07.